The van der Waals surface area contributed by atoms with Crippen molar-refractivity contribution < 1.29 is 27.5 Å². The Bertz CT molecular complexity index is 1430. The Balaban J connectivity index is 1.78. The van der Waals surface area contributed by atoms with E-state index in [0.29, 0.717) is 34.6 Å². The number of ether oxygens (including phenoxy) is 1. The summed E-state index contributed by atoms with van der Waals surface area (Å²) in [5.41, 5.74) is 4.44. The number of aryl methyl sites for hydroxylation is 2. The zero-order valence-electron chi connectivity index (χ0n) is 20.6. The van der Waals surface area contributed by atoms with E-state index in [1.807, 2.05) is 11.5 Å². The van der Waals surface area contributed by atoms with Crippen LogP contribution >= 0.6 is 0 Å². The maximum Gasteiger partial charge on any atom is 0.340 e. The number of rotatable bonds is 8. The van der Waals surface area contributed by atoms with E-state index in [1.165, 1.54) is 26.0 Å². The lowest BCUT2D eigenvalue weighted by molar-refractivity contribution is 0.0316. The van der Waals surface area contributed by atoms with Gasteiger partial charge in [-0.2, -0.15) is 0 Å². The molecule has 186 valence electrons. The van der Waals surface area contributed by atoms with Crippen molar-refractivity contribution in [3.8, 4) is 0 Å². The highest BCUT2D eigenvalue weighted by Crippen LogP contribution is 2.23. The average Bonchev–Trinajstić information content (AvgIpc) is 3.22. The number of H-pyrrole nitrogens is 1. The Kier molecular flexibility index (Phi) is 7.18. The molecular weight excluding hydrogens is 470 g/mol. The standard InChI is InChI=1S/C25H29N3O6S/c1-13-11-21(16(4)28(13)12-19-7-9-20(10-8-19)35(26,32)33)25(31)34-18(6)24(30)23-14(2)22(17(5)29)15(3)27-23/h7-11,18,27H,12H2,1-6H3,(H2,26,32,33). The summed E-state index contributed by atoms with van der Waals surface area (Å²) in [7, 11) is -3.78. The maximum absolute atomic E-state index is 12.9. The van der Waals surface area contributed by atoms with Gasteiger partial charge in [0.1, 0.15) is 0 Å². The Labute approximate surface area is 204 Å². The van der Waals surface area contributed by atoms with E-state index >= 15 is 0 Å². The zero-order valence-corrected chi connectivity index (χ0v) is 21.4. The average molecular weight is 500 g/mol. The lowest BCUT2D eigenvalue weighted by Gasteiger charge is -2.13. The summed E-state index contributed by atoms with van der Waals surface area (Å²) in [6.07, 6.45) is -1.06. The molecule has 0 amide bonds. The fourth-order valence-corrected chi connectivity index (χ4v) is 4.74. The molecule has 0 spiro atoms. The summed E-state index contributed by atoms with van der Waals surface area (Å²) in [6.45, 7) is 10.3. The van der Waals surface area contributed by atoms with Crippen LogP contribution in [0, 0.1) is 27.7 Å². The number of carbonyl (C=O) groups is 3. The molecular formula is C25H29N3O6S. The number of nitrogens with one attached hydrogen (secondary N) is 1. The number of carbonyl (C=O) groups excluding carboxylic acids is 3. The van der Waals surface area contributed by atoms with Crippen LogP contribution in [-0.4, -0.2) is 41.6 Å². The predicted molar refractivity (Wildman–Crippen MR) is 130 cm³/mol. The summed E-state index contributed by atoms with van der Waals surface area (Å²) in [5, 5.41) is 5.15. The SMILES string of the molecule is CC(=O)c1c(C)[nH]c(C(=O)C(C)OC(=O)c2cc(C)n(Cc3ccc(S(N)(=O)=O)cc3)c2C)c1C. The van der Waals surface area contributed by atoms with Gasteiger partial charge in [0.15, 0.2) is 11.9 Å². The van der Waals surface area contributed by atoms with Crippen molar-refractivity contribution in [3.63, 3.8) is 0 Å². The number of hydrogen-bond donors (Lipinski definition) is 2. The number of nitrogens with two attached hydrogens (primary N) is 1. The van der Waals surface area contributed by atoms with Crippen LogP contribution in [0.2, 0.25) is 0 Å². The number of benzene rings is 1. The molecule has 0 saturated heterocycles. The van der Waals surface area contributed by atoms with Crippen LogP contribution in [0.3, 0.4) is 0 Å². The molecule has 3 aromatic rings. The largest absolute Gasteiger partial charge is 0.451 e. The van der Waals surface area contributed by atoms with Crippen molar-refractivity contribution >= 4 is 27.6 Å². The minimum atomic E-state index is -3.78. The topological polar surface area (TPSA) is 141 Å². The summed E-state index contributed by atoms with van der Waals surface area (Å²) < 4.78 is 30.3. The van der Waals surface area contributed by atoms with Gasteiger partial charge in [0.25, 0.3) is 0 Å². The second kappa shape index (κ2) is 9.63. The first kappa shape index (κ1) is 26.1. The number of aromatic nitrogens is 2. The lowest BCUT2D eigenvalue weighted by atomic mass is 10.0. The van der Waals surface area contributed by atoms with Crippen molar-refractivity contribution in [2.75, 3.05) is 0 Å². The van der Waals surface area contributed by atoms with Gasteiger partial charge >= 0.3 is 5.97 Å². The number of hydrogen-bond acceptors (Lipinski definition) is 6. The molecule has 3 N–H and O–H groups in total. The Morgan fingerprint density at radius 1 is 1.09 bits per heavy atom. The summed E-state index contributed by atoms with van der Waals surface area (Å²) >= 11 is 0. The van der Waals surface area contributed by atoms with Gasteiger partial charge in [0, 0.05) is 29.2 Å². The highest BCUT2D eigenvalue weighted by atomic mass is 32.2. The van der Waals surface area contributed by atoms with Crippen molar-refractivity contribution in [2.24, 2.45) is 5.14 Å². The first-order valence-corrected chi connectivity index (χ1v) is 12.5. The van der Waals surface area contributed by atoms with Gasteiger partial charge in [-0.25, -0.2) is 18.4 Å². The number of primary sulfonamides is 1. The fraction of sp³-hybridized carbons (Fsp3) is 0.320. The Morgan fingerprint density at radius 3 is 2.20 bits per heavy atom. The molecule has 10 heteroatoms. The number of sulfonamides is 1. The molecule has 0 aliphatic carbocycles. The zero-order chi connectivity index (χ0) is 26.2. The van der Waals surface area contributed by atoms with Gasteiger partial charge in [-0.15, -0.1) is 0 Å². The Morgan fingerprint density at radius 2 is 1.69 bits per heavy atom. The predicted octanol–water partition coefficient (Wildman–Crippen LogP) is 3.38. The van der Waals surface area contributed by atoms with Crippen LogP contribution in [0.5, 0.6) is 0 Å². The van der Waals surface area contributed by atoms with Crippen LogP contribution < -0.4 is 5.14 Å². The van der Waals surface area contributed by atoms with Gasteiger partial charge in [-0.05, 0) is 70.9 Å². The molecule has 0 saturated carbocycles. The molecule has 0 aliphatic heterocycles. The fourth-order valence-electron chi connectivity index (χ4n) is 4.22. The van der Waals surface area contributed by atoms with Gasteiger partial charge in [0.2, 0.25) is 15.8 Å². The normalized spacial score (nSPS) is 12.4. The van der Waals surface area contributed by atoms with E-state index < -0.39 is 27.9 Å². The molecule has 2 aromatic heterocycles. The van der Waals surface area contributed by atoms with Gasteiger partial charge in [-0.1, -0.05) is 12.1 Å². The first-order chi connectivity index (χ1) is 16.2. The van der Waals surface area contributed by atoms with E-state index in [2.05, 4.69) is 4.98 Å². The molecule has 3 rings (SSSR count). The molecule has 1 aromatic carbocycles. The molecule has 2 heterocycles. The van der Waals surface area contributed by atoms with E-state index in [1.54, 1.807) is 39.0 Å². The number of aromatic amines is 1. The maximum atomic E-state index is 12.9. The number of ketones is 2. The molecule has 35 heavy (non-hydrogen) atoms. The Hall–Kier alpha value is -3.50. The third kappa shape index (κ3) is 5.28. The first-order valence-electron chi connectivity index (χ1n) is 11.0. The molecule has 0 radical (unpaired) electrons. The van der Waals surface area contributed by atoms with Crippen LogP contribution in [0.1, 0.15) is 73.3 Å². The van der Waals surface area contributed by atoms with Crippen molar-refractivity contribution in [3.05, 3.63) is 75.4 Å². The minimum Gasteiger partial charge on any atom is -0.451 e. The molecule has 0 aliphatic rings. The van der Waals surface area contributed by atoms with Crippen LogP contribution in [0.15, 0.2) is 35.2 Å². The van der Waals surface area contributed by atoms with E-state index in [0.717, 1.165) is 11.3 Å². The van der Waals surface area contributed by atoms with Gasteiger partial charge < -0.3 is 14.3 Å². The molecule has 9 nitrogen and oxygen atoms in total. The number of esters is 1. The number of Topliss-reactive ketones (excluding diaryl/α,β-unsaturated/α-hetero) is 2. The summed E-state index contributed by atoms with van der Waals surface area (Å²) in [4.78, 5) is 40.7. The molecule has 1 atom stereocenters. The quantitative estimate of drug-likeness (QED) is 0.359. The van der Waals surface area contributed by atoms with Gasteiger partial charge in [-0.3, -0.25) is 9.59 Å². The molecule has 0 fully saturated rings. The second-order valence-corrected chi connectivity index (χ2v) is 10.2. The van der Waals surface area contributed by atoms with Gasteiger partial charge in [0.05, 0.1) is 16.2 Å². The highest BCUT2D eigenvalue weighted by Gasteiger charge is 2.27. The smallest absolute Gasteiger partial charge is 0.340 e. The lowest BCUT2D eigenvalue weighted by Crippen LogP contribution is -2.25. The minimum absolute atomic E-state index is 0.0213. The second-order valence-electron chi connectivity index (χ2n) is 8.65. The van der Waals surface area contributed by atoms with E-state index in [9.17, 15) is 22.8 Å². The van der Waals surface area contributed by atoms with E-state index in [4.69, 9.17) is 9.88 Å². The highest BCUT2D eigenvalue weighted by molar-refractivity contribution is 7.89. The van der Waals surface area contributed by atoms with Crippen LogP contribution in [-0.2, 0) is 21.3 Å². The molecule has 1 unspecified atom stereocenters. The summed E-state index contributed by atoms with van der Waals surface area (Å²) in [5.74, 6) is -1.20. The number of nitrogens with zero attached hydrogens (tertiary/aromatic N) is 1. The van der Waals surface area contributed by atoms with Crippen molar-refractivity contribution in [1.29, 1.82) is 0 Å². The van der Waals surface area contributed by atoms with E-state index in [-0.39, 0.29) is 16.4 Å². The molecule has 0 bridgehead atoms. The van der Waals surface area contributed by atoms with Crippen LogP contribution in [0.25, 0.3) is 0 Å². The third-order valence-electron chi connectivity index (χ3n) is 6.08. The monoisotopic (exact) mass is 499 g/mol. The third-order valence-corrected chi connectivity index (χ3v) is 7.00. The van der Waals surface area contributed by atoms with Crippen molar-refractivity contribution in [2.45, 2.75) is 59.1 Å². The summed E-state index contributed by atoms with van der Waals surface area (Å²) in [6, 6.07) is 7.87. The van der Waals surface area contributed by atoms with Crippen LogP contribution in [0.4, 0.5) is 0 Å². The van der Waals surface area contributed by atoms with Crippen molar-refractivity contribution in [1.82, 2.24) is 9.55 Å².